The summed E-state index contributed by atoms with van der Waals surface area (Å²) in [6.45, 7) is 13.1. The molecule has 1 N–H and O–H groups in total. The van der Waals surface area contributed by atoms with Gasteiger partial charge in [0.1, 0.15) is 0 Å². The highest BCUT2D eigenvalue weighted by Crippen LogP contribution is 2.22. The zero-order valence-corrected chi connectivity index (χ0v) is 15.9. The first kappa shape index (κ1) is 19.4. The highest BCUT2D eigenvalue weighted by atomic mass is 32.1. The quantitative estimate of drug-likeness (QED) is 0.886. The Morgan fingerprint density at radius 3 is 2.26 bits per heavy atom. The maximum Gasteiger partial charge on any atom is 0.226 e. The molecular formula is C19H28N2OS. The molecule has 1 aromatic carbocycles. The highest BCUT2D eigenvalue weighted by Gasteiger charge is 2.13. The number of amides is 1. The van der Waals surface area contributed by atoms with Crippen LogP contribution in [0.5, 0.6) is 0 Å². The number of carbonyl (C=O) groups excluding carboxylic acids is 1. The Bertz CT molecular complexity index is 609. The molecule has 126 valence electrons. The van der Waals surface area contributed by atoms with Gasteiger partial charge >= 0.3 is 0 Å². The fourth-order valence-corrected chi connectivity index (χ4v) is 2.65. The lowest BCUT2D eigenvalue weighted by molar-refractivity contribution is -0.120. The molecule has 4 heteroatoms. The van der Waals surface area contributed by atoms with Gasteiger partial charge in [-0.3, -0.25) is 4.79 Å². The van der Waals surface area contributed by atoms with Crippen LogP contribution in [-0.2, 0) is 23.2 Å². The summed E-state index contributed by atoms with van der Waals surface area (Å²) < 4.78 is 0. The monoisotopic (exact) mass is 332 g/mol. The number of rotatable bonds is 4. The third-order valence-corrected chi connectivity index (χ3v) is 4.14. The summed E-state index contributed by atoms with van der Waals surface area (Å²) >= 11 is 1.57. The zero-order chi connectivity index (χ0) is 17.5. The van der Waals surface area contributed by atoms with Crippen molar-refractivity contribution >= 4 is 17.2 Å². The third kappa shape index (κ3) is 6.53. The van der Waals surface area contributed by atoms with Gasteiger partial charge in [0.2, 0.25) is 5.91 Å². The van der Waals surface area contributed by atoms with Crippen LogP contribution in [0.25, 0.3) is 0 Å². The Labute approximate surface area is 144 Å². The third-order valence-electron chi connectivity index (χ3n) is 3.32. The largest absolute Gasteiger partial charge is 0.352 e. The van der Waals surface area contributed by atoms with E-state index in [2.05, 4.69) is 55.3 Å². The van der Waals surface area contributed by atoms with Crippen molar-refractivity contribution in [3.05, 3.63) is 51.5 Å². The van der Waals surface area contributed by atoms with Crippen LogP contribution < -0.4 is 5.32 Å². The van der Waals surface area contributed by atoms with E-state index in [0.29, 0.717) is 13.0 Å². The second-order valence-corrected chi connectivity index (χ2v) is 7.32. The minimum Gasteiger partial charge on any atom is -0.352 e. The molecule has 0 bridgehead atoms. The SMILES string of the molecule is CC.Cc1nc(CC(=O)NCc2ccc(C(C)(C)C)cc2)cs1. The summed E-state index contributed by atoms with van der Waals surface area (Å²) in [6, 6.07) is 8.41. The Morgan fingerprint density at radius 2 is 1.78 bits per heavy atom. The smallest absolute Gasteiger partial charge is 0.226 e. The van der Waals surface area contributed by atoms with Crippen LogP contribution in [0.3, 0.4) is 0 Å². The molecule has 1 amide bonds. The van der Waals surface area contributed by atoms with Crippen molar-refractivity contribution in [2.45, 2.75) is 59.9 Å². The van der Waals surface area contributed by atoms with Crippen LogP contribution in [0.1, 0.15) is 56.4 Å². The van der Waals surface area contributed by atoms with Crippen LogP contribution in [0.15, 0.2) is 29.6 Å². The van der Waals surface area contributed by atoms with Crippen molar-refractivity contribution in [3.8, 4) is 0 Å². The van der Waals surface area contributed by atoms with E-state index in [1.54, 1.807) is 11.3 Å². The van der Waals surface area contributed by atoms with Gasteiger partial charge in [-0.05, 0) is 23.5 Å². The molecule has 3 nitrogen and oxygen atoms in total. The van der Waals surface area contributed by atoms with Gasteiger partial charge in [0.15, 0.2) is 0 Å². The molecule has 0 aliphatic carbocycles. The first-order valence-corrected chi connectivity index (χ1v) is 9.00. The van der Waals surface area contributed by atoms with E-state index in [9.17, 15) is 4.79 Å². The van der Waals surface area contributed by atoms with Crippen LogP contribution in [0, 0.1) is 6.92 Å². The Morgan fingerprint density at radius 1 is 1.17 bits per heavy atom. The van der Waals surface area contributed by atoms with Crippen molar-refractivity contribution in [3.63, 3.8) is 0 Å². The Hall–Kier alpha value is -1.68. The molecule has 0 saturated carbocycles. The second-order valence-electron chi connectivity index (χ2n) is 6.26. The molecule has 0 aliphatic heterocycles. The van der Waals surface area contributed by atoms with Crippen LogP contribution in [-0.4, -0.2) is 10.9 Å². The predicted molar refractivity (Wildman–Crippen MR) is 98.9 cm³/mol. The maximum atomic E-state index is 11.9. The van der Waals surface area contributed by atoms with Crippen molar-refractivity contribution in [1.29, 1.82) is 0 Å². The number of hydrogen-bond acceptors (Lipinski definition) is 3. The average Bonchev–Trinajstić information content (AvgIpc) is 2.92. The van der Waals surface area contributed by atoms with Gasteiger partial charge in [0, 0.05) is 11.9 Å². The van der Waals surface area contributed by atoms with E-state index in [1.165, 1.54) is 5.56 Å². The minimum atomic E-state index is 0.0141. The molecule has 0 saturated heterocycles. The zero-order valence-electron chi connectivity index (χ0n) is 15.1. The van der Waals surface area contributed by atoms with Gasteiger partial charge in [-0.2, -0.15) is 0 Å². The molecule has 0 atom stereocenters. The summed E-state index contributed by atoms with van der Waals surface area (Å²) in [5.41, 5.74) is 3.42. The molecule has 23 heavy (non-hydrogen) atoms. The van der Waals surface area contributed by atoms with Gasteiger partial charge in [-0.15, -0.1) is 11.3 Å². The number of aromatic nitrogens is 1. The van der Waals surface area contributed by atoms with Crippen molar-refractivity contribution in [2.24, 2.45) is 0 Å². The van der Waals surface area contributed by atoms with Crippen molar-refractivity contribution in [2.75, 3.05) is 0 Å². The van der Waals surface area contributed by atoms with Crippen molar-refractivity contribution < 1.29 is 4.79 Å². The molecular weight excluding hydrogens is 304 g/mol. The van der Waals surface area contributed by atoms with Crippen LogP contribution >= 0.6 is 11.3 Å². The molecule has 0 aliphatic rings. The molecule has 0 radical (unpaired) electrons. The first-order valence-electron chi connectivity index (χ1n) is 8.12. The maximum absolute atomic E-state index is 11.9. The van der Waals surface area contributed by atoms with Gasteiger partial charge in [-0.1, -0.05) is 58.9 Å². The van der Waals surface area contributed by atoms with E-state index >= 15 is 0 Å². The van der Waals surface area contributed by atoms with E-state index < -0.39 is 0 Å². The predicted octanol–water partition coefficient (Wildman–Crippen LogP) is 4.63. The average molecular weight is 333 g/mol. The lowest BCUT2D eigenvalue weighted by Crippen LogP contribution is -2.24. The molecule has 0 spiro atoms. The molecule has 0 unspecified atom stereocenters. The molecule has 1 aromatic heterocycles. The van der Waals surface area contributed by atoms with Crippen molar-refractivity contribution in [1.82, 2.24) is 10.3 Å². The van der Waals surface area contributed by atoms with E-state index in [4.69, 9.17) is 0 Å². The van der Waals surface area contributed by atoms with E-state index in [0.717, 1.165) is 16.3 Å². The first-order chi connectivity index (χ1) is 10.8. The van der Waals surface area contributed by atoms with Gasteiger partial charge in [0.25, 0.3) is 0 Å². The van der Waals surface area contributed by atoms with Gasteiger partial charge in [0.05, 0.1) is 17.1 Å². The topological polar surface area (TPSA) is 42.0 Å². The summed E-state index contributed by atoms with van der Waals surface area (Å²) in [5, 5.41) is 5.87. The van der Waals surface area contributed by atoms with Gasteiger partial charge in [-0.25, -0.2) is 4.98 Å². The van der Waals surface area contributed by atoms with E-state index in [-0.39, 0.29) is 11.3 Å². The summed E-state index contributed by atoms with van der Waals surface area (Å²) in [6.07, 6.45) is 0.352. The fourth-order valence-electron chi connectivity index (χ4n) is 2.04. The lowest BCUT2D eigenvalue weighted by Gasteiger charge is -2.19. The molecule has 0 fully saturated rings. The van der Waals surface area contributed by atoms with Gasteiger partial charge < -0.3 is 5.32 Å². The summed E-state index contributed by atoms with van der Waals surface area (Å²) in [5.74, 6) is 0.0141. The normalized spacial score (nSPS) is 10.7. The van der Waals surface area contributed by atoms with Crippen LogP contribution in [0.2, 0.25) is 0 Å². The Kier molecular flexibility index (Phi) is 7.43. The number of nitrogens with zero attached hydrogens (tertiary/aromatic N) is 1. The highest BCUT2D eigenvalue weighted by molar-refractivity contribution is 7.09. The van der Waals surface area contributed by atoms with Crippen LogP contribution in [0.4, 0.5) is 0 Å². The second kappa shape index (κ2) is 8.82. The summed E-state index contributed by atoms with van der Waals surface area (Å²) in [7, 11) is 0. The number of carbonyl (C=O) groups is 1. The summed E-state index contributed by atoms with van der Waals surface area (Å²) in [4.78, 5) is 16.2. The standard InChI is InChI=1S/C17H22N2OS.C2H6/c1-12-19-15(11-21-12)9-16(20)18-10-13-5-7-14(8-6-13)17(2,3)4;1-2/h5-8,11H,9-10H2,1-4H3,(H,18,20);1-2H3. The number of thiazole rings is 1. The van der Waals surface area contributed by atoms with E-state index in [1.807, 2.05) is 26.2 Å². The lowest BCUT2D eigenvalue weighted by atomic mass is 9.87. The number of benzene rings is 1. The minimum absolute atomic E-state index is 0.0141. The number of hydrogen-bond donors (Lipinski definition) is 1. The molecule has 2 rings (SSSR count). The Balaban J connectivity index is 0.00000127. The fraction of sp³-hybridized carbons (Fsp3) is 0.474. The molecule has 2 aromatic rings. The molecule has 1 heterocycles. The number of nitrogens with one attached hydrogen (secondary N) is 1. The number of aryl methyl sites for hydroxylation is 1.